The predicted octanol–water partition coefficient (Wildman–Crippen LogP) is 3.48. The molecule has 0 amide bonds. The smallest absolute Gasteiger partial charge is 0.129 e. The van der Waals surface area contributed by atoms with Gasteiger partial charge in [-0.25, -0.2) is 0 Å². The van der Waals surface area contributed by atoms with E-state index in [0.717, 1.165) is 25.0 Å². The van der Waals surface area contributed by atoms with Crippen molar-refractivity contribution in [2.75, 3.05) is 6.61 Å². The Morgan fingerprint density at radius 1 is 1.50 bits per heavy atom. The van der Waals surface area contributed by atoms with E-state index in [9.17, 15) is 0 Å². The van der Waals surface area contributed by atoms with Gasteiger partial charge in [0.15, 0.2) is 0 Å². The van der Waals surface area contributed by atoms with Crippen LogP contribution >= 0.6 is 0 Å². The summed E-state index contributed by atoms with van der Waals surface area (Å²) < 4.78 is 11.2. The summed E-state index contributed by atoms with van der Waals surface area (Å²) in [6, 6.07) is 2.84. The molecular weight excluding hydrogens is 226 g/mol. The molecule has 1 atom stereocenters. The van der Waals surface area contributed by atoms with Gasteiger partial charge < -0.3 is 14.5 Å². The van der Waals surface area contributed by atoms with Crippen LogP contribution in [0.1, 0.15) is 50.9 Å². The maximum Gasteiger partial charge on any atom is 0.129 e. The van der Waals surface area contributed by atoms with Gasteiger partial charge in [-0.3, -0.25) is 0 Å². The average Bonchev–Trinajstić information content (AvgIpc) is 3.07. The molecule has 1 aromatic heterocycles. The van der Waals surface area contributed by atoms with Crippen LogP contribution in [-0.4, -0.2) is 12.6 Å². The molecule has 102 valence electrons. The molecule has 18 heavy (non-hydrogen) atoms. The van der Waals surface area contributed by atoms with Crippen LogP contribution in [-0.2, 0) is 17.9 Å². The lowest BCUT2D eigenvalue weighted by molar-refractivity contribution is 0.0776. The topological polar surface area (TPSA) is 34.4 Å². The second kappa shape index (κ2) is 6.95. The van der Waals surface area contributed by atoms with E-state index in [1.165, 1.54) is 31.2 Å². The molecule has 0 aliphatic heterocycles. The summed E-state index contributed by atoms with van der Waals surface area (Å²) >= 11 is 0. The molecule has 3 heteroatoms. The Hall–Kier alpha value is -0.800. The second-order valence-electron chi connectivity index (χ2n) is 5.49. The zero-order valence-electron chi connectivity index (χ0n) is 11.6. The highest BCUT2D eigenvalue weighted by Crippen LogP contribution is 2.19. The predicted molar refractivity (Wildman–Crippen MR) is 72.3 cm³/mol. The van der Waals surface area contributed by atoms with Crippen LogP contribution in [0.2, 0.25) is 0 Å². The molecule has 1 fully saturated rings. The molecule has 0 spiro atoms. The largest absolute Gasteiger partial charge is 0.467 e. The highest BCUT2D eigenvalue weighted by atomic mass is 16.5. The van der Waals surface area contributed by atoms with E-state index < -0.39 is 0 Å². The van der Waals surface area contributed by atoms with E-state index in [4.69, 9.17) is 9.15 Å². The van der Waals surface area contributed by atoms with Gasteiger partial charge in [0, 0.05) is 24.8 Å². The van der Waals surface area contributed by atoms with Gasteiger partial charge in [-0.15, -0.1) is 0 Å². The minimum absolute atomic E-state index is 0.595. The Labute approximate surface area is 110 Å². The lowest BCUT2D eigenvalue weighted by Crippen LogP contribution is -2.14. The molecule has 3 nitrogen and oxygen atoms in total. The minimum atomic E-state index is 0.595. The van der Waals surface area contributed by atoms with Crippen molar-refractivity contribution in [1.82, 2.24) is 5.32 Å². The monoisotopic (exact) mass is 251 g/mol. The van der Waals surface area contributed by atoms with Crippen LogP contribution in [0.25, 0.3) is 0 Å². The van der Waals surface area contributed by atoms with Crippen molar-refractivity contribution in [1.29, 1.82) is 0 Å². The van der Waals surface area contributed by atoms with Gasteiger partial charge in [0.2, 0.25) is 0 Å². The van der Waals surface area contributed by atoms with E-state index in [0.29, 0.717) is 12.5 Å². The fraction of sp³-hybridized carbons (Fsp3) is 0.733. The summed E-state index contributed by atoms with van der Waals surface area (Å²) in [6.45, 7) is 6.78. The molecule has 1 aromatic rings. The molecule has 1 N–H and O–H groups in total. The normalized spacial score (nSPS) is 17.0. The fourth-order valence-corrected chi connectivity index (χ4v) is 2.08. The van der Waals surface area contributed by atoms with Crippen molar-refractivity contribution in [3.63, 3.8) is 0 Å². The molecule has 1 saturated carbocycles. The van der Waals surface area contributed by atoms with Gasteiger partial charge in [-0.05, 0) is 31.2 Å². The Kier molecular flexibility index (Phi) is 5.26. The van der Waals surface area contributed by atoms with Crippen molar-refractivity contribution >= 4 is 0 Å². The third-order valence-electron chi connectivity index (χ3n) is 3.31. The number of hydrogen-bond acceptors (Lipinski definition) is 3. The van der Waals surface area contributed by atoms with Gasteiger partial charge in [0.25, 0.3) is 0 Å². The standard InChI is InChI=1S/C15H25NO2/c1-3-4-12(2)9-17-11-15-7-13(10-18-15)8-16-14-5-6-14/h7,10,12,14,16H,3-6,8-9,11H2,1-2H3. The molecule has 0 bridgehead atoms. The van der Waals surface area contributed by atoms with Crippen molar-refractivity contribution in [3.8, 4) is 0 Å². The van der Waals surface area contributed by atoms with Gasteiger partial charge >= 0.3 is 0 Å². The molecular formula is C15H25NO2. The maximum absolute atomic E-state index is 5.67. The van der Waals surface area contributed by atoms with Crippen LogP contribution in [0.15, 0.2) is 16.7 Å². The molecule has 1 unspecified atom stereocenters. The summed E-state index contributed by atoms with van der Waals surface area (Å²) in [5, 5.41) is 3.48. The first-order valence-corrected chi connectivity index (χ1v) is 7.15. The Morgan fingerprint density at radius 2 is 2.33 bits per heavy atom. The highest BCUT2D eigenvalue weighted by Gasteiger charge is 2.20. The van der Waals surface area contributed by atoms with Crippen LogP contribution in [0, 0.1) is 5.92 Å². The number of hydrogen-bond donors (Lipinski definition) is 1. The summed E-state index contributed by atoms with van der Waals surface area (Å²) in [7, 11) is 0. The van der Waals surface area contributed by atoms with Crippen LogP contribution < -0.4 is 5.32 Å². The number of furan rings is 1. The fourth-order valence-electron chi connectivity index (χ4n) is 2.08. The van der Waals surface area contributed by atoms with E-state index in [2.05, 4.69) is 25.2 Å². The lowest BCUT2D eigenvalue weighted by Gasteiger charge is -2.09. The van der Waals surface area contributed by atoms with Gasteiger partial charge in [-0.2, -0.15) is 0 Å². The summed E-state index contributed by atoms with van der Waals surface area (Å²) in [5.41, 5.74) is 1.22. The van der Waals surface area contributed by atoms with Crippen molar-refractivity contribution in [2.45, 2.75) is 58.7 Å². The van der Waals surface area contributed by atoms with Crippen molar-refractivity contribution in [3.05, 3.63) is 23.7 Å². The Balaban J connectivity index is 1.62. The van der Waals surface area contributed by atoms with Crippen molar-refractivity contribution < 1.29 is 9.15 Å². The van der Waals surface area contributed by atoms with E-state index >= 15 is 0 Å². The summed E-state index contributed by atoms with van der Waals surface area (Å²) in [6.07, 6.45) is 6.94. The third-order valence-corrected chi connectivity index (χ3v) is 3.31. The van der Waals surface area contributed by atoms with Crippen molar-refractivity contribution in [2.24, 2.45) is 5.92 Å². The SMILES string of the molecule is CCCC(C)COCc1cc(CNC2CC2)co1. The first kappa shape index (κ1) is 13.6. The summed E-state index contributed by atoms with van der Waals surface area (Å²) in [4.78, 5) is 0. The minimum Gasteiger partial charge on any atom is -0.467 e. The molecule has 2 rings (SSSR count). The highest BCUT2D eigenvalue weighted by molar-refractivity contribution is 5.12. The van der Waals surface area contributed by atoms with E-state index in [1.807, 2.05) is 6.26 Å². The van der Waals surface area contributed by atoms with Gasteiger partial charge in [0.1, 0.15) is 12.4 Å². The summed E-state index contributed by atoms with van der Waals surface area (Å²) in [5.74, 6) is 1.58. The maximum atomic E-state index is 5.67. The Morgan fingerprint density at radius 3 is 3.06 bits per heavy atom. The first-order valence-electron chi connectivity index (χ1n) is 7.15. The lowest BCUT2D eigenvalue weighted by atomic mass is 10.1. The van der Waals surface area contributed by atoms with E-state index in [-0.39, 0.29) is 0 Å². The zero-order valence-corrected chi connectivity index (χ0v) is 11.6. The quantitative estimate of drug-likeness (QED) is 0.729. The zero-order chi connectivity index (χ0) is 12.8. The Bertz CT molecular complexity index is 344. The number of nitrogens with one attached hydrogen (secondary N) is 1. The molecule has 1 heterocycles. The number of ether oxygens (including phenoxy) is 1. The second-order valence-corrected chi connectivity index (χ2v) is 5.49. The molecule has 1 aliphatic carbocycles. The third kappa shape index (κ3) is 4.83. The first-order chi connectivity index (χ1) is 8.78. The molecule has 1 aliphatic rings. The molecule has 0 radical (unpaired) electrons. The van der Waals surface area contributed by atoms with E-state index in [1.54, 1.807) is 0 Å². The van der Waals surface area contributed by atoms with Crippen LogP contribution in [0.4, 0.5) is 0 Å². The van der Waals surface area contributed by atoms with Gasteiger partial charge in [-0.1, -0.05) is 20.3 Å². The molecule has 0 aromatic carbocycles. The number of rotatable bonds is 9. The van der Waals surface area contributed by atoms with Crippen LogP contribution in [0.3, 0.4) is 0 Å². The van der Waals surface area contributed by atoms with Gasteiger partial charge in [0.05, 0.1) is 6.26 Å². The molecule has 0 saturated heterocycles. The van der Waals surface area contributed by atoms with Crippen LogP contribution in [0.5, 0.6) is 0 Å². The average molecular weight is 251 g/mol.